The topological polar surface area (TPSA) is 99.1 Å². The van der Waals surface area contributed by atoms with Crippen LogP contribution in [0.1, 0.15) is 5.69 Å². The highest BCUT2D eigenvalue weighted by Gasteiger charge is 2.18. The summed E-state index contributed by atoms with van der Waals surface area (Å²) in [6.07, 6.45) is 1.93. The molecule has 0 aliphatic rings. The van der Waals surface area contributed by atoms with Crippen molar-refractivity contribution in [2.24, 2.45) is 11.5 Å². The van der Waals surface area contributed by atoms with Crippen molar-refractivity contribution in [2.45, 2.75) is 22.3 Å². The van der Waals surface area contributed by atoms with Crippen LogP contribution in [-0.4, -0.2) is 26.0 Å². The van der Waals surface area contributed by atoms with Crippen molar-refractivity contribution in [1.82, 2.24) is 4.98 Å². The molecule has 0 saturated carbocycles. The van der Waals surface area contributed by atoms with Crippen LogP contribution in [0.4, 0.5) is 0 Å². The van der Waals surface area contributed by atoms with Crippen LogP contribution < -0.4 is 11.5 Å². The van der Waals surface area contributed by atoms with Crippen molar-refractivity contribution in [1.29, 1.82) is 0 Å². The maximum Gasteiger partial charge on any atom is 0.206 e. The molecule has 0 amide bonds. The third-order valence-corrected chi connectivity index (χ3v) is 4.69. The first-order valence-corrected chi connectivity index (χ1v) is 7.73. The molecule has 1 atom stereocenters. The molecule has 0 aliphatic carbocycles. The Bertz CT molecular complexity index is 672. The molecule has 4 N–H and O–H groups in total. The van der Waals surface area contributed by atoms with Crippen molar-refractivity contribution in [3.8, 4) is 0 Å². The molecular formula is C14H17N3O2S. The fourth-order valence-corrected chi connectivity index (χ4v) is 3.14. The van der Waals surface area contributed by atoms with E-state index in [1.165, 1.54) is 12.3 Å². The van der Waals surface area contributed by atoms with Crippen molar-refractivity contribution in [3.63, 3.8) is 0 Å². The van der Waals surface area contributed by atoms with E-state index in [2.05, 4.69) is 4.98 Å². The number of aromatic nitrogens is 1. The molecule has 1 aromatic heterocycles. The molecular weight excluding hydrogens is 274 g/mol. The minimum absolute atomic E-state index is 0.220. The number of hydrogen-bond acceptors (Lipinski definition) is 5. The van der Waals surface area contributed by atoms with E-state index in [-0.39, 0.29) is 15.8 Å². The lowest BCUT2D eigenvalue weighted by molar-refractivity contribution is 0.595. The quantitative estimate of drug-likeness (QED) is 0.846. The van der Waals surface area contributed by atoms with Gasteiger partial charge in [-0.2, -0.15) is 0 Å². The minimum Gasteiger partial charge on any atom is -0.329 e. The summed E-state index contributed by atoms with van der Waals surface area (Å²) < 4.78 is 24.9. The van der Waals surface area contributed by atoms with Gasteiger partial charge in [-0.15, -0.1) is 0 Å². The number of nitrogens with two attached hydrogens (primary N) is 2. The van der Waals surface area contributed by atoms with E-state index in [0.717, 1.165) is 0 Å². The van der Waals surface area contributed by atoms with Gasteiger partial charge in [0, 0.05) is 30.9 Å². The van der Waals surface area contributed by atoms with Crippen LogP contribution in [0.2, 0.25) is 0 Å². The van der Waals surface area contributed by atoms with E-state index in [4.69, 9.17) is 11.5 Å². The maximum absolute atomic E-state index is 12.5. The van der Waals surface area contributed by atoms with Gasteiger partial charge in [-0.3, -0.25) is 4.98 Å². The fraction of sp³-hybridized carbons (Fsp3) is 0.214. The maximum atomic E-state index is 12.5. The molecule has 0 radical (unpaired) electrons. The minimum atomic E-state index is -3.52. The van der Waals surface area contributed by atoms with Gasteiger partial charge in [0.15, 0.2) is 0 Å². The molecule has 20 heavy (non-hydrogen) atoms. The van der Waals surface area contributed by atoms with Gasteiger partial charge in [-0.1, -0.05) is 18.2 Å². The molecule has 0 spiro atoms. The van der Waals surface area contributed by atoms with Crippen LogP contribution in [0.15, 0.2) is 58.5 Å². The third kappa shape index (κ3) is 3.22. The second-order valence-corrected chi connectivity index (χ2v) is 6.45. The summed E-state index contributed by atoms with van der Waals surface area (Å²) in [5.74, 6) is 0. The first kappa shape index (κ1) is 14.6. The molecule has 2 aromatic rings. The van der Waals surface area contributed by atoms with Crippen molar-refractivity contribution < 1.29 is 8.42 Å². The number of sulfone groups is 1. The van der Waals surface area contributed by atoms with Gasteiger partial charge in [-0.05, 0) is 24.3 Å². The van der Waals surface area contributed by atoms with Gasteiger partial charge in [0.25, 0.3) is 0 Å². The van der Waals surface area contributed by atoms with Crippen LogP contribution in [0.5, 0.6) is 0 Å². The molecule has 0 saturated heterocycles. The monoisotopic (exact) mass is 291 g/mol. The van der Waals surface area contributed by atoms with Crippen LogP contribution in [0, 0.1) is 0 Å². The Morgan fingerprint density at radius 2 is 1.80 bits per heavy atom. The zero-order valence-corrected chi connectivity index (χ0v) is 11.8. The predicted molar refractivity (Wildman–Crippen MR) is 76.9 cm³/mol. The lowest BCUT2D eigenvalue weighted by Crippen LogP contribution is -2.32. The summed E-state index contributed by atoms with van der Waals surface area (Å²) in [7, 11) is -3.52. The van der Waals surface area contributed by atoms with E-state index in [0.29, 0.717) is 18.7 Å². The highest BCUT2D eigenvalue weighted by atomic mass is 32.2. The lowest BCUT2D eigenvalue weighted by Gasteiger charge is -2.09. The Morgan fingerprint density at radius 1 is 1.10 bits per heavy atom. The zero-order valence-electron chi connectivity index (χ0n) is 10.9. The zero-order chi connectivity index (χ0) is 14.6. The molecule has 5 nitrogen and oxygen atoms in total. The van der Waals surface area contributed by atoms with E-state index in [1.807, 2.05) is 0 Å². The van der Waals surface area contributed by atoms with Gasteiger partial charge < -0.3 is 11.5 Å². The van der Waals surface area contributed by atoms with Gasteiger partial charge in [0.05, 0.1) is 9.79 Å². The highest BCUT2D eigenvalue weighted by molar-refractivity contribution is 7.91. The third-order valence-electron chi connectivity index (χ3n) is 2.93. The van der Waals surface area contributed by atoms with Gasteiger partial charge in [-0.25, -0.2) is 8.42 Å². The lowest BCUT2D eigenvalue weighted by atomic mass is 10.1. The van der Waals surface area contributed by atoms with Gasteiger partial charge >= 0.3 is 0 Å². The molecule has 0 fully saturated rings. The number of benzene rings is 1. The first-order valence-electron chi connectivity index (χ1n) is 6.25. The van der Waals surface area contributed by atoms with E-state index >= 15 is 0 Å². The Kier molecular flexibility index (Phi) is 4.49. The highest BCUT2D eigenvalue weighted by Crippen LogP contribution is 2.20. The smallest absolute Gasteiger partial charge is 0.206 e. The molecule has 2 rings (SSSR count). The SMILES string of the molecule is NCC(N)Cc1cc(S(=O)(=O)c2ccccc2)ccn1. The van der Waals surface area contributed by atoms with Crippen LogP contribution in [0.25, 0.3) is 0 Å². The second-order valence-electron chi connectivity index (χ2n) is 4.50. The molecule has 6 heteroatoms. The van der Waals surface area contributed by atoms with E-state index in [1.54, 1.807) is 36.4 Å². The average Bonchev–Trinajstić information content (AvgIpc) is 2.48. The van der Waals surface area contributed by atoms with E-state index < -0.39 is 9.84 Å². The van der Waals surface area contributed by atoms with Crippen LogP contribution >= 0.6 is 0 Å². The van der Waals surface area contributed by atoms with Crippen LogP contribution in [0.3, 0.4) is 0 Å². The average molecular weight is 291 g/mol. The van der Waals surface area contributed by atoms with Crippen LogP contribution in [-0.2, 0) is 16.3 Å². The first-order chi connectivity index (χ1) is 9.54. The Morgan fingerprint density at radius 3 is 2.45 bits per heavy atom. The number of hydrogen-bond donors (Lipinski definition) is 2. The van der Waals surface area contributed by atoms with Crippen molar-refractivity contribution in [3.05, 3.63) is 54.4 Å². The number of pyridine rings is 1. The summed E-state index contributed by atoms with van der Waals surface area (Å²) >= 11 is 0. The van der Waals surface area contributed by atoms with Crippen molar-refractivity contribution >= 4 is 9.84 Å². The Balaban J connectivity index is 2.36. The molecule has 106 valence electrons. The number of rotatable bonds is 5. The summed E-state index contributed by atoms with van der Waals surface area (Å²) in [5.41, 5.74) is 11.8. The Labute approximate surface area is 118 Å². The molecule has 0 bridgehead atoms. The van der Waals surface area contributed by atoms with Crippen molar-refractivity contribution in [2.75, 3.05) is 6.54 Å². The van der Waals surface area contributed by atoms with Gasteiger partial charge in [0.2, 0.25) is 9.84 Å². The molecule has 0 aliphatic heterocycles. The van der Waals surface area contributed by atoms with E-state index in [9.17, 15) is 8.42 Å². The second kappa shape index (κ2) is 6.13. The summed E-state index contributed by atoms with van der Waals surface area (Å²) in [5, 5.41) is 0. The summed E-state index contributed by atoms with van der Waals surface area (Å²) in [6.45, 7) is 0.331. The molecule has 1 aromatic carbocycles. The standard InChI is InChI=1S/C14H17N3O2S/c15-10-11(16)8-12-9-14(6-7-17-12)20(18,19)13-4-2-1-3-5-13/h1-7,9,11H,8,10,15-16H2. The summed E-state index contributed by atoms with van der Waals surface area (Å²) in [6, 6.07) is 11.1. The number of nitrogens with zero attached hydrogens (tertiary/aromatic N) is 1. The Hall–Kier alpha value is -1.76. The normalized spacial score (nSPS) is 13.1. The summed E-state index contributed by atoms with van der Waals surface area (Å²) in [4.78, 5) is 4.62. The van der Waals surface area contributed by atoms with Gasteiger partial charge in [0.1, 0.15) is 0 Å². The molecule has 1 heterocycles. The predicted octanol–water partition coefficient (Wildman–Crippen LogP) is 0.743. The molecule has 1 unspecified atom stereocenters. The largest absolute Gasteiger partial charge is 0.329 e. The fourth-order valence-electron chi connectivity index (χ4n) is 1.82.